The first-order chi connectivity index (χ1) is 18.9. The number of hydrogen-bond donors (Lipinski definition) is 1. The number of carbonyl (C=O) groups excluding carboxylic acids is 2. The smallest absolute Gasteiger partial charge is 0.337 e. The van der Waals surface area contributed by atoms with Gasteiger partial charge >= 0.3 is 11.9 Å². The monoisotopic (exact) mass is 516 g/mol. The van der Waals surface area contributed by atoms with Crippen LogP contribution in [0.1, 0.15) is 23.0 Å². The molecule has 1 aliphatic carbocycles. The van der Waals surface area contributed by atoms with Crippen LogP contribution in [0.5, 0.6) is 0 Å². The number of ether oxygens (including phenoxy) is 2. The van der Waals surface area contributed by atoms with Gasteiger partial charge in [-0.25, -0.2) is 4.79 Å². The summed E-state index contributed by atoms with van der Waals surface area (Å²) in [5.74, 6) is -6.35. The highest BCUT2D eigenvalue weighted by molar-refractivity contribution is 5.97. The summed E-state index contributed by atoms with van der Waals surface area (Å²) in [6, 6.07) is 30.0. The van der Waals surface area contributed by atoms with Gasteiger partial charge in [-0.3, -0.25) is 4.79 Å². The highest BCUT2D eigenvalue weighted by Crippen LogP contribution is 2.60. The maximum atomic E-state index is 13.3. The summed E-state index contributed by atoms with van der Waals surface area (Å²) in [5.41, 5.74) is -1.35. The van der Waals surface area contributed by atoms with Crippen molar-refractivity contribution < 1.29 is 24.2 Å². The standard InChI is InChI=1S/C32H24N2O5/c1-38-30(36)25-27(23-15-7-11-19-9-3-5-13-21(19)23)32(17-33,18-34)28(26(29(25)35)31(37)39-2)24-16-8-12-20-10-4-6-14-22(20)24/h3-16,25,27-28,35H,1-2H3. The van der Waals surface area contributed by atoms with Crippen molar-refractivity contribution in [2.75, 3.05) is 14.2 Å². The fourth-order valence-corrected chi connectivity index (χ4v) is 5.99. The van der Waals surface area contributed by atoms with Gasteiger partial charge in [0.25, 0.3) is 0 Å². The first-order valence-corrected chi connectivity index (χ1v) is 12.3. The van der Waals surface area contributed by atoms with Gasteiger partial charge in [0.2, 0.25) is 0 Å². The minimum absolute atomic E-state index is 0.316. The molecule has 0 amide bonds. The predicted molar refractivity (Wildman–Crippen MR) is 144 cm³/mol. The molecule has 3 atom stereocenters. The molecule has 0 radical (unpaired) electrons. The molecule has 192 valence electrons. The molecular weight excluding hydrogens is 492 g/mol. The van der Waals surface area contributed by atoms with E-state index in [-0.39, 0.29) is 5.57 Å². The van der Waals surface area contributed by atoms with E-state index in [0.29, 0.717) is 21.9 Å². The molecule has 3 unspecified atom stereocenters. The molecule has 7 nitrogen and oxygen atoms in total. The van der Waals surface area contributed by atoms with Crippen LogP contribution in [-0.2, 0) is 19.1 Å². The van der Waals surface area contributed by atoms with Crippen molar-refractivity contribution in [2.24, 2.45) is 11.3 Å². The highest BCUT2D eigenvalue weighted by atomic mass is 16.5. The second-order valence-electron chi connectivity index (χ2n) is 9.43. The molecule has 5 rings (SSSR count). The SMILES string of the molecule is COC(=O)C1=C(O)C(C(=O)OC)C(c2cccc3ccccc23)C(C#N)(C#N)C1c1cccc2ccccc12. The number of nitriles is 2. The zero-order chi connectivity index (χ0) is 27.7. The average Bonchev–Trinajstić information content (AvgIpc) is 2.99. The highest BCUT2D eigenvalue weighted by Gasteiger charge is 2.62. The number of rotatable bonds is 4. The number of methoxy groups -OCH3 is 2. The van der Waals surface area contributed by atoms with Gasteiger partial charge < -0.3 is 14.6 Å². The topological polar surface area (TPSA) is 120 Å². The molecule has 7 heteroatoms. The van der Waals surface area contributed by atoms with Crippen LogP contribution in [0.15, 0.2) is 96.3 Å². The Hall–Kier alpha value is -5.14. The summed E-state index contributed by atoms with van der Waals surface area (Å²) in [6.45, 7) is 0. The van der Waals surface area contributed by atoms with Gasteiger partial charge in [0, 0.05) is 5.92 Å². The molecule has 4 aromatic rings. The van der Waals surface area contributed by atoms with Crippen LogP contribution in [0.2, 0.25) is 0 Å². The summed E-state index contributed by atoms with van der Waals surface area (Å²) < 4.78 is 10.1. The van der Waals surface area contributed by atoms with Gasteiger partial charge in [0.1, 0.15) is 11.7 Å². The van der Waals surface area contributed by atoms with Crippen molar-refractivity contribution in [3.05, 3.63) is 107 Å². The maximum Gasteiger partial charge on any atom is 0.337 e. The Bertz CT molecular complexity index is 1720. The molecule has 0 saturated heterocycles. The summed E-state index contributed by atoms with van der Waals surface area (Å²) in [7, 11) is 2.30. The molecule has 4 aromatic carbocycles. The lowest BCUT2D eigenvalue weighted by atomic mass is 9.53. The Morgan fingerprint density at radius 3 is 1.82 bits per heavy atom. The fourth-order valence-electron chi connectivity index (χ4n) is 5.99. The molecule has 0 fully saturated rings. The number of hydrogen-bond acceptors (Lipinski definition) is 7. The largest absolute Gasteiger partial charge is 0.511 e. The lowest BCUT2D eigenvalue weighted by molar-refractivity contribution is -0.147. The third-order valence-electron chi connectivity index (χ3n) is 7.66. The Balaban J connectivity index is 1.97. The average molecular weight is 517 g/mol. The van der Waals surface area contributed by atoms with E-state index >= 15 is 0 Å². The van der Waals surface area contributed by atoms with E-state index in [2.05, 4.69) is 12.1 Å². The van der Waals surface area contributed by atoms with Crippen LogP contribution >= 0.6 is 0 Å². The third-order valence-corrected chi connectivity index (χ3v) is 7.66. The number of carbonyl (C=O) groups is 2. The fraction of sp³-hybridized carbons (Fsp3) is 0.188. The third kappa shape index (κ3) is 3.79. The van der Waals surface area contributed by atoms with E-state index in [1.165, 1.54) is 0 Å². The molecule has 1 aliphatic rings. The van der Waals surface area contributed by atoms with E-state index < -0.39 is 40.9 Å². The van der Waals surface area contributed by atoms with Crippen LogP contribution in [-0.4, -0.2) is 31.3 Å². The molecule has 0 spiro atoms. The van der Waals surface area contributed by atoms with Gasteiger partial charge in [-0.05, 0) is 32.7 Å². The van der Waals surface area contributed by atoms with Gasteiger partial charge in [0.15, 0.2) is 5.41 Å². The van der Waals surface area contributed by atoms with E-state index in [4.69, 9.17) is 9.47 Å². The van der Waals surface area contributed by atoms with Gasteiger partial charge in [-0.1, -0.05) is 84.9 Å². The minimum atomic E-state index is -2.02. The number of aliphatic hydroxyl groups is 1. The van der Waals surface area contributed by atoms with Crippen molar-refractivity contribution in [1.29, 1.82) is 10.5 Å². The van der Waals surface area contributed by atoms with E-state index in [1.54, 1.807) is 24.3 Å². The van der Waals surface area contributed by atoms with E-state index in [0.717, 1.165) is 25.0 Å². The number of aliphatic hydroxyl groups excluding tert-OH is 1. The number of nitrogens with zero attached hydrogens (tertiary/aromatic N) is 2. The predicted octanol–water partition coefficient (Wildman–Crippen LogP) is 5.68. The van der Waals surface area contributed by atoms with Crippen LogP contribution in [0.25, 0.3) is 21.5 Å². The Morgan fingerprint density at radius 1 is 0.769 bits per heavy atom. The van der Waals surface area contributed by atoms with Crippen LogP contribution in [0, 0.1) is 34.0 Å². The van der Waals surface area contributed by atoms with Crippen LogP contribution in [0.3, 0.4) is 0 Å². The Morgan fingerprint density at radius 2 is 1.28 bits per heavy atom. The molecule has 0 aromatic heterocycles. The first-order valence-electron chi connectivity index (χ1n) is 12.3. The van der Waals surface area contributed by atoms with Crippen LogP contribution < -0.4 is 0 Å². The summed E-state index contributed by atoms with van der Waals surface area (Å²) in [4.78, 5) is 26.7. The van der Waals surface area contributed by atoms with Crippen molar-refractivity contribution >= 4 is 33.5 Å². The summed E-state index contributed by atoms with van der Waals surface area (Å²) in [5, 5.41) is 36.6. The van der Waals surface area contributed by atoms with Crippen molar-refractivity contribution in [3.8, 4) is 12.1 Å². The van der Waals surface area contributed by atoms with Crippen molar-refractivity contribution in [1.82, 2.24) is 0 Å². The van der Waals surface area contributed by atoms with E-state index in [1.807, 2.05) is 60.7 Å². The van der Waals surface area contributed by atoms with Crippen molar-refractivity contribution in [3.63, 3.8) is 0 Å². The number of benzene rings is 4. The molecule has 0 heterocycles. The molecule has 39 heavy (non-hydrogen) atoms. The van der Waals surface area contributed by atoms with Crippen molar-refractivity contribution in [2.45, 2.75) is 11.8 Å². The zero-order valence-corrected chi connectivity index (χ0v) is 21.3. The molecule has 0 aliphatic heterocycles. The quantitative estimate of drug-likeness (QED) is 0.346. The second kappa shape index (κ2) is 9.96. The number of esters is 2. The van der Waals surface area contributed by atoms with Gasteiger partial charge in [-0.2, -0.15) is 10.5 Å². The van der Waals surface area contributed by atoms with Gasteiger partial charge in [-0.15, -0.1) is 0 Å². The lowest BCUT2D eigenvalue weighted by Crippen LogP contribution is -2.47. The Kier molecular flexibility index (Phi) is 6.52. The lowest BCUT2D eigenvalue weighted by Gasteiger charge is -2.44. The first kappa shape index (κ1) is 25.5. The summed E-state index contributed by atoms with van der Waals surface area (Å²) >= 11 is 0. The van der Waals surface area contributed by atoms with Crippen LogP contribution in [0.4, 0.5) is 0 Å². The minimum Gasteiger partial charge on any atom is -0.511 e. The molecule has 1 N–H and O–H groups in total. The molecule has 0 saturated carbocycles. The molecule has 0 bridgehead atoms. The maximum absolute atomic E-state index is 13.3. The second-order valence-corrected chi connectivity index (χ2v) is 9.43. The van der Waals surface area contributed by atoms with Gasteiger partial charge in [0.05, 0.1) is 37.8 Å². The zero-order valence-electron chi connectivity index (χ0n) is 21.3. The summed E-state index contributed by atoms with van der Waals surface area (Å²) in [6.07, 6.45) is 0. The molecular formula is C32H24N2O5. The Labute approximate surface area is 225 Å². The number of fused-ring (bicyclic) bond motifs is 2. The van der Waals surface area contributed by atoms with E-state index in [9.17, 15) is 25.2 Å². The normalized spacial score (nSPS) is 20.2.